The molecule has 0 N–H and O–H groups in total. The highest BCUT2D eigenvalue weighted by atomic mass is 127. The molecule has 4 nitrogen and oxygen atoms in total. The van der Waals surface area contributed by atoms with Gasteiger partial charge in [0.2, 0.25) is 0 Å². The smallest absolute Gasteiger partial charge is 0.267 e. The van der Waals surface area contributed by atoms with Gasteiger partial charge in [-0.15, -0.1) is 0 Å². The highest BCUT2D eigenvalue weighted by Gasteiger charge is 2.11. The van der Waals surface area contributed by atoms with Gasteiger partial charge in [-0.1, -0.05) is 28.1 Å². The van der Waals surface area contributed by atoms with Crippen LogP contribution in [0.25, 0.3) is 0 Å². The van der Waals surface area contributed by atoms with E-state index in [4.69, 9.17) is 0 Å². The number of rotatable bonds is 3. The number of carbonyl (C=O) groups excluding carboxylic acids is 1. The summed E-state index contributed by atoms with van der Waals surface area (Å²) in [5.41, 5.74) is 1.06. The predicted molar refractivity (Wildman–Crippen MR) is 84.4 cm³/mol. The Kier molecular flexibility index (Phi) is 4.51. The van der Waals surface area contributed by atoms with E-state index in [-0.39, 0.29) is 17.9 Å². The van der Waals surface area contributed by atoms with Crippen molar-refractivity contribution in [2.45, 2.75) is 13.5 Å². The lowest BCUT2D eigenvalue weighted by Gasteiger charge is -2.06. The zero-order valence-corrected chi connectivity index (χ0v) is 13.8. The Labute approximate surface area is 132 Å². The van der Waals surface area contributed by atoms with Crippen LogP contribution in [0.4, 0.5) is 0 Å². The molecule has 6 heteroatoms. The lowest BCUT2D eigenvalue weighted by Crippen LogP contribution is -2.27. The number of benzene rings is 1. The van der Waals surface area contributed by atoms with Crippen LogP contribution in [-0.2, 0) is 6.54 Å². The molecule has 0 spiro atoms. The number of halogens is 2. The van der Waals surface area contributed by atoms with Crippen molar-refractivity contribution in [3.8, 4) is 0 Å². The normalized spacial score (nSPS) is 10.5. The SMILES string of the molecule is Cc1ncn(CC(=O)c2cccc(Br)c2)c(=O)c1I. The molecule has 1 aromatic heterocycles. The van der Waals surface area contributed by atoms with Crippen molar-refractivity contribution in [2.24, 2.45) is 0 Å². The maximum Gasteiger partial charge on any atom is 0.267 e. The molecule has 0 aliphatic rings. The molecule has 98 valence electrons. The first-order valence-electron chi connectivity index (χ1n) is 5.49. The molecule has 2 rings (SSSR count). The number of aromatic nitrogens is 2. The molecule has 0 bridgehead atoms. The van der Waals surface area contributed by atoms with Crippen LogP contribution in [0.15, 0.2) is 39.9 Å². The Morgan fingerprint density at radius 1 is 1.47 bits per heavy atom. The van der Waals surface area contributed by atoms with Crippen molar-refractivity contribution in [1.29, 1.82) is 0 Å². The number of hydrogen-bond acceptors (Lipinski definition) is 3. The Morgan fingerprint density at radius 2 is 2.21 bits per heavy atom. The summed E-state index contributed by atoms with van der Waals surface area (Å²) in [4.78, 5) is 28.2. The lowest BCUT2D eigenvalue weighted by molar-refractivity contribution is 0.0970. The zero-order valence-electron chi connectivity index (χ0n) is 10.1. The van der Waals surface area contributed by atoms with Gasteiger partial charge in [0.15, 0.2) is 5.78 Å². The number of ketones is 1. The molecule has 1 heterocycles. The number of aryl methyl sites for hydroxylation is 1. The third kappa shape index (κ3) is 3.30. The van der Waals surface area contributed by atoms with E-state index in [0.717, 1.165) is 4.47 Å². The average Bonchev–Trinajstić information content (AvgIpc) is 2.39. The second kappa shape index (κ2) is 5.96. The lowest BCUT2D eigenvalue weighted by atomic mass is 10.1. The first kappa shape index (κ1) is 14.4. The second-order valence-electron chi connectivity index (χ2n) is 4.01. The van der Waals surface area contributed by atoms with E-state index in [2.05, 4.69) is 20.9 Å². The summed E-state index contributed by atoms with van der Waals surface area (Å²) >= 11 is 5.26. The topological polar surface area (TPSA) is 52.0 Å². The van der Waals surface area contributed by atoms with Gasteiger partial charge in [-0.25, -0.2) is 4.98 Å². The second-order valence-corrected chi connectivity index (χ2v) is 6.00. The fourth-order valence-corrected chi connectivity index (χ4v) is 2.42. The third-order valence-corrected chi connectivity index (χ3v) is 4.35. The largest absolute Gasteiger partial charge is 0.292 e. The number of Topliss-reactive ketones (excluding diaryl/α,β-unsaturated/α-hetero) is 1. The Bertz CT molecular complexity index is 697. The first-order chi connectivity index (χ1) is 8.99. The zero-order chi connectivity index (χ0) is 14.0. The highest BCUT2D eigenvalue weighted by Crippen LogP contribution is 2.12. The highest BCUT2D eigenvalue weighted by molar-refractivity contribution is 14.1. The molecular weight excluding hydrogens is 423 g/mol. The van der Waals surface area contributed by atoms with E-state index < -0.39 is 0 Å². The summed E-state index contributed by atoms with van der Waals surface area (Å²) in [6, 6.07) is 7.10. The molecule has 1 aromatic carbocycles. The quantitative estimate of drug-likeness (QED) is 0.553. The Hall–Kier alpha value is -1.02. The van der Waals surface area contributed by atoms with E-state index >= 15 is 0 Å². The minimum absolute atomic E-state index is 0.00142. The monoisotopic (exact) mass is 432 g/mol. The van der Waals surface area contributed by atoms with Crippen molar-refractivity contribution in [2.75, 3.05) is 0 Å². The molecule has 0 aliphatic heterocycles. The molecule has 19 heavy (non-hydrogen) atoms. The molecule has 2 aromatic rings. The average molecular weight is 433 g/mol. The maximum atomic E-state index is 12.1. The van der Waals surface area contributed by atoms with Crippen LogP contribution in [0.2, 0.25) is 0 Å². The van der Waals surface area contributed by atoms with Crippen LogP contribution in [0.1, 0.15) is 16.1 Å². The fourth-order valence-electron chi connectivity index (χ4n) is 1.57. The molecule has 0 aliphatic carbocycles. The summed E-state index contributed by atoms with van der Waals surface area (Å²) in [6.07, 6.45) is 1.41. The van der Waals surface area contributed by atoms with Crippen LogP contribution >= 0.6 is 38.5 Å². The van der Waals surface area contributed by atoms with Gasteiger partial charge in [0, 0.05) is 10.0 Å². The van der Waals surface area contributed by atoms with Crippen LogP contribution in [0.3, 0.4) is 0 Å². The van der Waals surface area contributed by atoms with Gasteiger partial charge in [-0.3, -0.25) is 14.2 Å². The van der Waals surface area contributed by atoms with Crippen molar-refractivity contribution in [3.05, 3.63) is 60.2 Å². The van der Waals surface area contributed by atoms with E-state index in [0.29, 0.717) is 14.8 Å². The van der Waals surface area contributed by atoms with Gasteiger partial charge in [-0.05, 0) is 41.6 Å². The minimum atomic E-state index is -0.184. The fraction of sp³-hybridized carbons (Fsp3) is 0.154. The molecule has 0 saturated heterocycles. The van der Waals surface area contributed by atoms with Crippen LogP contribution < -0.4 is 5.56 Å². The van der Waals surface area contributed by atoms with Crippen molar-refractivity contribution in [1.82, 2.24) is 9.55 Å². The molecule has 0 radical (unpaired) electrons. The van der Waals surface area contributed by atoms with E-state index in [1.54, 1.807) is 25.1 Å². The molecule has 0 atom stereocenters. The number of hydrogen-bond donors (Lipinski definition) is 0. The summed E-state index contributed by atoms with van der Waals surface area (Å²) < 4.78 is 2.71. The molecule has 0 saturated carbocycles. The molecule has 0 fully saturated rings. The van der Waals surface area contributed by atoms with E-state index in [1.807, 2.05) is 28.7 Å². The standard InChI is InChI=1S/C13H10BrIN2O2/c1-8-12(15)13(19)17(7-16-8)6-11(18)9-3-2-4-10(14)5-9/h2-5,7H,6H2,1H3. The van der Waals surface area contributed by atoms with Crippen molar-refractivity contribution >= 4 is 44.3 Å². The summed E-state index contributed by atoms with van der Waals surface area (Å²) in [5, 5.41) is 0. The number of nitrogens with zero attached hydrogens (tertiary/aromatic N) is 2. The summed E-state index contributed by atoms with van der Waals surface area (Å²) in [5.74, 6) is -0.121. The molecular formula is C13H10BrIN2O2. The Morgan fingerprint density at radius 3 is 2.89 bits per heavy atom. The Balaban J connectivity index is 2.30. The van der Waals surface area contributed by atoms with Gasteiger partial charge in [0.25, 0.3) is 5.56 Å². The molecule has 0 amide bonds. The van der Waals surface area contributed by atoms with E-state index in [1.165, 1.54) is 10.9 Å². The summed E-state index contributed by atoms with van der Waals surface area (Å²) in [6.45, 7) is 1.77. The van der Waals surface area contributed by atoms with Crippen LogP contribution in [-0.4, -0.2) is 15.3 Å². The van der Waals surface area contributed by atoms with Crippen molar-refractivity contribution in [3.63, 3.8) is 0 Å². The van der Waals surface area contributed by atoms with Crippen LogP contribution in [0.5, 0.6) is 0 Å². The third-order valence-electron chi connectivity index (χ3n) is 2.62. The van der Waals surface area contributed by atoms with Gasteiger partial charge in [0.05, 0.1) is 22.1 Å². The van der Waals surface area contributed by atoms with Crippen molar-refractivity contribution < 1.29 is 4.79 Å². The first-order valence-corrected chi connectivity index (χ1v) is 7.36. The molecule has 0 unspecified atom stereocenters. The van der Waals surface area contributed by atoms with E-state index in [9.17, 15) is 9.59 Å². The van der Waals surface area contributed by atoms with Gasteiger partial charge in [-0.2, -0.15) is 0 Å². The minimum Gasteiger partial charge on any atom is -0.292 e. The maximum absolute atomic E-state index is 12.1. The summed E-state index contributed by atoms with van der Waals surface area (Å²) in [7, 11) is 0. The van der Waals surface area contributed by atoms with Gasteiger partial charge >= 0.3 is 0 Å². The van der Waals surface area contributed by atoms with Crippen LogP contribution in [0, 0.1) is 10.5 Å². The van der Waals surface area contributed by atoms with Gasteiger partial charge in [0.1, 0.15) is 0 Å². The predicted octanol–water partition coefficient (Wildman–Crippen LogP) is 2.80. The number of carbonyl (C=O) groups is 1. The van der Waals surface area contributed by atoms with Gasteiger partial charge < -0.3 is 0 Å².